The summed E-state index contributed by atoms with van der Waals surface area (Å²) < 4.78 is 16.3. The van der Waals surface area contributed by atoms with Crippen molar-refractivity contribution >= 4 is 22.4 Å². The fraction of sp³-hybridized carbons (Fsp3) is 0.250. The van der Waals surface area contributed by atoms with Crippen LogP contribution in [0.1, 0.15) is 12.8 Å². The van der Waals surface area contributed by atoms with Crippen LogP contribution in [0, 0.1) is 0 Å². The molecule has 1 aliphatic rings. The molecule has 4 heterocycles. The van der Waals surface area contributed by atoms with E-state index in [0.717, 1.165) is 17.7 Å². The Morgan fingerprint density at radius 3 is 2.65 bits per heavy atom. The van der Waals surface area contributed by atoms with Crippen molar-refractivity contribution in [3.05, 3.63) is 36.8 Å². The summed E-state index contributed by atoms with van der Waals surface area (Å²) in [5.41, 5.74) is 0.651. The number of carbonyl (C=O) groups excluding carboxylic acids is 1. The van der Waals surface area contributed by atoms with Crippen molar-refractivity contribution in [3.63, 3.8) is 0 Å². The first-order valence-corrected chi connectivity index (χ1v) is 8.14. The smallest absolute Gasteiger partial charge is 0.255 e. The molecule has 0 bridgehead atoms. The molecule has 1 aliphatic heterocycles. The first-order chi connectivity index (χ1) is 11.3. The van der Waals surface area contributed by atoms with Gasteiger partial charge in [-0.1, -0.05) is 11.3 Å². The summed E-state index contributed by atoms with van der Waals surface area (Å²) in [5.74, 6) is 1.16. The predicted molar refractivity (Wildman–Crippen MR) is 85.1 cm³/mol. The summed E-state index contributed by atoms with van der Waals surface area (Å²) in [4.78, 5) is 17.5. The number of nitrogens with zero attached hydrogens (tertiary/aromatic N) is 1. The Labute approximate surface area is 136 Å². The maximum atomic E-state index is 12.2. The molecule has 7 heteroatoms. The van der Waals surface area contributed by atoms with Crippen molar-refractivity contribution in [2.75, 3.05) is 11.9 Å². The number of anilines is 1. The molecule has 0 aliphatic carbocycles. The number of hydrogen-bond donors (Lipinski definition) is 1. The lowest BCUT2D eigenvalue weighted by molar-refractivity contribution is -0.124. The summed E-state index contributed by atoms with van der Waals surface area (Å²) >= 11 is 1.35. The zero-order chi connectivity index (χ0) is 15.6. The number of amides is 1. The summed E-state index contributed by atoms with van der Waals surface area (Å²) in [7, 11) is 0. The second-order valence-corrected chi connectivity index (χ2v) is 6.14. The molecule has 6 nitrogen and oxygen atoms in total. The van der Waals surface area contributed by atoms with E-state index in [2.05, 4.69) is 10.3 Å². The molecule has 3 aromatic rings. The van der Waals surface area contributed by atoms with Gasteiger partial charge in [0.25, 0.3) is 5.91 Å². The molecule has 1 fully saturated rings. The highest BCUT2D eigenvalue weighted by molar-refractivity contribution is 7.19. The van der Waals surface area contributed by atoms with Crippen LogP contribution in [0.15, 0.2) is 45.6 Å². The summed E-state index contributed by atoms with van der Waals surface area (Å²) in [6, 6.07) is 7.29. The molecule has 1 amide bonds. The second-order valence-electron chi connectivity index (χ2n) is 5.14. The van der Waals surface area contributed by atoms with Crippen molar-refractivity contribution in [2.45, 2.75) is 18.9 Å². The van der Waals surface area contributed by atoms with Crippen LogP contribution in [-0.2, 0) is 9.53 Å². The molecule has 0 saturated carbocycles. The first-order valence-electron chi connectivity index (χ1n) is 7.32. The van der Waals surface area contributed by atoms with Crippen LogP contribution < -0.4 is 5.32 Å². The first kappa shape index (κ1) is 14.2. The fourth-order valence-electron chi connectivity index (χ4n) is 2.50. The Balaban J connectivity index is 1.66. The van der Waals surface area contributed by atoms with Gasteiger partial charge in [-0.15, -0.1) is 0 Å². The van der Waals surface area contributed by atoms with Gasteiger partial charge in [0.05, 0.1) is 12.5 Å². The van der Waals surface area contributed by atoms with E-state index >= 15 is 0 Å². The van der Waals surface area contributed by atoms with E-state index < -0.39 is 6.10 Å². The molecular weight excluding hydrogens is 316 g/mol. The van der Waals surface area contributed by atoms with Crippen LogP contribution in [0.2, 0.25) is 0 Å². The Morgan fingerprint density at radius 2 is 2.00 bits per heavy atom. The van der Waals surface area contributed by atoms with Gasteiger partial charge in [-0.05, 0) is 37.1 Å². The third-order valence-corrected chi connectivity index (χ3v) is 4.56. The molecule has 0 radical (unpaired) electrons. The predicted octanol–water partition coefficient (Wildman–Crippen LogP) is 3.78. The summed E-state index contributed by atoms with van der Waals surface area (Å²) in [6.07, 6.45) is 4.45. The van der Waals surface area contributed by atoms with E-state index in [9.17, 15) is 4.79 Å². The normalized spacial score (nSPS) is 17.5. The van der Waals surface area contributed by atoms with Crippen LogP contribution >= 0.6 is 11.3 Å². The van der Waals surface area contributed by atoms with E-state index in [1.165, 1.54) is 11.3 Å². The van der Waals surface area contributed by atoms with Gasteiger partial charge in [-0.3, -0.25) is 10.1 Å². The summed E-state index contributed by atoms with van der Waals surface area (Å²) in [6.45, 7) is 0.630. The Hall–Kier alpha value is -2.38. The van der Waals surface area contributed by atoms with E-state index in [4.69, 9.17) is 13.6 Å². The van der Waals surface area contributed by atoms with Gasteiger partial charge in [-0.2, -0.15) is 0 Å². The lowest BCUT2D eigenvalue weighted by Gasteiger charge is -2.07. The molecule has 0 aromatic carbocycles. The minimum absolute atomic E-state index is 0.159. The topological polar surface area (TPSA) is 77.5 Å². The highest BCUT2D eigenvalue weighted by atomic mass is 32.1. The van der Waals surface area contributed by atoms with Gasteiger partial charge in [0, 0.05) is 6.61 Å². The molecule has 1 atom stereocenters. The highest BCUT2D eigenvalue weighted by Gasteiger charge is 2.26. The lowest BCUT2D eigenvalue weighted by Crippen LogP contribution is -2.26. The Morgan fingerprint density at radius 1 is 1.22 bits per heavy atom. The van der Waals surface area contributed by atoms with Gasteiger partial charge >= 0.3 is 0 Å². The Kier molecular flexibility index (Phi) is 3.72. The van der Waals surface area contributed by atoms with Crippen molar-refractivity contribution in [1.29, 1.82) is 0 Å². The van der Waals surface area contributed by atoms with Crippen LogP contribution in [0.25, 0.3) is 22.1 Å². The van der Waals surface area contributed by atoms with Gasteiger partial charge in [0.15, 0.2) is 10.9 Å². The lowest BCUT2D eigenvalue weighted by atomic mass is 10.2. The minimum atomic E-state index is -0.391. The number of furan rings is 2. The van der Waals surface area contributed by atoms with E-state index in [1.54, 1.807) is 18.6 Å². The zero-order valence-electron chi connectivity index (χ0n) is 12.2. The number of carbonyl (C=O) groups is 1. The van der Waals surface area contributed by atoms with Crippen molar-refractivity contribution in [1.82, 2.24) is 4.98 Å². The molecule has 1 N–H and O–H groups in total. The molecule has 0 unspecified atom stereocenters. The van der Waals surface area contributed by atoms with E-state index in [1.807, 2.05) is 18.2 Å². The van der Waals surface area contributed by atoms with Gasteiger partial charge in [0.1, 0.15) is 22.4 Å². The molecule has 3 aromatic heterocycles. The largest absolute Gasteiger partial charge is 0.463 e. The van der Waals surface area contributed by atoms with E-state index in [-0.39, 0.29) is 5.91 Å². The average molecular weight is 330 g/mol. The molecule has 4 rings (SSSR count). The SMILES string of the molecule is O=C(Nc1nc(-c2ccco2)c(-c2ccco2)s1)[C@H]1CCCO1. The van der Waals surface area contributed by atoms with Crippen molar-refractivity contribution < 1.29 is 18.4 Å². The van der Waals surface area contributed by atoms with Crippen molar-refractivity contribution in [2.24, 2.45) is 0 Å². The number of ether oxygens (including phenoxy) is 1. The molecule has 1 saturated heterocycles. The number of nitrogens with one attached hydrogen (secondary N) is 1. The highest BCUT2D eigenvalue weighted by Crippen LogP contribution is 2.39. The number of hydrogen-bond acceptors (Lipinski definition) is 6. The maximum absolute atomic E-state index is 12.2. The second kappa shape index (κ2) is 6.02. The zero-order valence-corrected chi connectivity index (χ0v) is 13.0. The summed E-state index contributed by atoms with van der Waals surface area (Å²) in [5, 5.41) is 3.33. The number of thiazole rings is 1. The molecule has 118 valence electrons. The molecule has 0 spiro atoms. The van der Waals surface area contributed by atoms with Gasteiger partial charge in [0.2, 0.25) is 0 Å². The molecule has 23 heavy (non-hydrogen) atoms. The van der Waals surface area contributed by atoms with Crippen LogP contribution in [0.3, 0.4) is 0 Å². The van der Waals surface area contributed by atoms with Gasteiger partial charge in [-0.25, -0.2) is 4.98 Å². The monoisotopic (exact) mass is 330 g/mol. The number of aromatic nitrogens is 1. The average Bonchev–Trinajstić information content (AvgIpc) is 3.30. The van der Waals surface area contributed by atoms with E-state index in [0.29, 0.717) is 29.0 Å². The molecular formula is C16H14N2O4S. The van der Waals surface area contributed by atoms with Crippen LogP contribution in [0.4, 0.5) is 5.13 Å². The van der Waals surface area contributed by atoms with Crippen LogP contribution in [0.5, 0.6) is 0 Å². The third kappa shape index (κ3) is 2.80. The maximum Gasteiger partial charge on any atom is 0.255 e. The fourth-order valence-corrected chi connectivity index (χ4v) is 3.44. The standard InChI is InChI=1S/C16H14N2O4S/c19-15(12-6-3-9-22-12)18-16-17-13(10-4-1-7-20-10)14(23-16)11-5-2-8-21-11/h1-2,4-5,7-8,12H,3,6,9H2,(H,17,18,19)/t12-/m1/s1. The Bertz CT molecular complexity index is 735. The third-order valence-electron chi connectivity index (χ3n) is 3.58. The quantitative estimate of drug-likeness (QED) is 0.787. The van der Waals surface area contributed by atoms with Gasteiger partial charge < -0.3 is 13.6 Å². The van der Waals surface area contributed by atoms with Crippen LogP contribution in [-0.4, -0.2) is 23.6 Å². The number of rotatable bonds is 4. The van der Waals surface area contributed by atoms with Crippen molar-refractivity contribution in [3.8, 4) is 22.1 Å². The minimum Gasteiger partial charge on any atom is -0.463 e.